The molecule has 0 heterocycles. The molecule has 98 valence electrons. The van der Waals surface area contributed by atoms with Gasteiger partial charge < -0.3 is 9.64 Å². The summed E-state index contributed by atoms with van der Waals surface area (Å²) >= 11 is 5.93. The summed E-state index contributed by atoms with van der Waals surface area (Å²) in [4.78, 5) is 23.9. The van der Waals surface area contributed by atoms with Crippen molar-refractivity contribution >= 4 is 23.8 Å². The molecule has 0 saturated heterocycles. The van der Waals surface area contributed by atoms with E-state index in [0.717, 1.165) is 0 Å². The predicted molar refractivity (Wildman–Crippen MR) is 70.3 cm³/mol. The fourth-order valence-electron chi connectivity index (χ4n) is 1.51. The van der Waals surface area contributed by atoms with Gasteiger partial charge in [0.05, 0.1) is 5.02 Å². The molecule has 0 unspecified atom stereocenters. The van der Waals surface area contributed by atoms with Crippen molar-refractivity contribution in [2.24, 2.45) is 0 Å². The lowest BCUT2D eigenvalue weighted by Gasteiger charge is -2.18. The lowest BCUT2D eigenvalue weighted by Crippen LogP contribution is -2.34. The average Bonchev–Trinajstić information content (AvgIpc) is 2.38. The fourth-order valence-corrected chi connectivity index (χ4v) is 1.76. The van der Waals surface area contributed by atoms with Crippen molar-refractivity contribution in [3.8, 4) is 5.75 Å². The number of hydrogen-bond acceptors (Lipinski definition) is 3. The van der Waals surface area contributed by atoms with Gasteiger partial charge in [-0.3, -0.25) is 9.59 Å². The Labute approximate surface area is 111 Å². The lowest BCUT2D eigenvalue weighted by molar-refractivity contribution is -0.132. The van der Waals surface area contributed by atoms with Gasteiger partial charge in [-0.15, -0.1) is 0 Å². The van der Waals surface area contributed by atoms with Gasteiger partial charge in [-0.2, -0.15) is 0 Å². The topological polar surface area (TPSA) is 46.6 Å². The number of halogens is 1. The van der Waals surface area contributed by atoms with Crippen LogP contribution in [0.4, 0.5) is 0 Å². The second-order valence-corrected chi connectivity index (χ2v) is 4.07. The number of amides is 1. The van der Waals surface area contributed by atoms with Crippen LogP contribution in [0.15, 0.2) is 18.2 Å². The maximum Gasteiger partial charge on any atom is 0.260 e. The molecule has 0 aliphatic carbocycles. The zero-order chi connectivity index (χ0) is 13.5. The molecule has 0 saturated carbocycles. The van der Waals surface area contributed by atoms with Gasteiger partial charge >= 0.3 is 0 Å². The summed E-state index contributed by atoms with van der Waals surface area (Å²) in [6.45, 7) is 5.06. The number of carbonyl (C=O) groups is 2. The molecule has 0 aromatic heterocycles. The normalized spacial score (nSPS) is 9.94. The Hall–Kier alpha value is -1.55. The van der Waals surface area contributed by atoms with E-state index in [2.05, 4.69) is 0 Å². The van der Waals surface area contributed by atoms with Crippen molar-refractivity contribution in [1.82, 2.24) is 4.90 Å². The zero-order valence-electron chi connectivity index (χ0n) is 10.5. The summed E-state index contributed by atoms with van der Waals surface area (Å²) in [5, 5.41) is 0.326. The summed E-state index contributed by atoms with van der Waals surface area (Å²) in [6, 6.07) is 4.68. The Kier molecular flexibility index (Phi) is 5.65. The summed E-state index contributed by atoms with van der Waals surface area (Å²) in [7, 11) is 0. The van der Waals surface area contributed by atoms with Crippen LogP contribution >= 0.6 is 11.6 Å². The van der Waals surface area contributed by atoms with E-state index in [1.165, 1.54) is 6.07 Å². The van der Waals surface area contributed by atoms with E-state index in [9.17, 15) is 9.59 Å². The van der Waals surface area contributed by atoms with Gasteiger partial charge in [-0.25, -0.2) is 0 Å². The predicted octanol–water partition coefficient (Wildman–Crippen LogP) is 2.40. The Morgan fingerprint density at radius 2 is 2.06 bits per heavy atom. The number of ether oxygens (including phenoxy) is 1. The van der Waals surface area contributed by atoms with Crippen LogP contribution in [-0.4, -0.2) is 36.8 Å². The molecule has 1 aromatic rings. The minimum absolute atomic E-state index is 0.0537. The summed E-state index contributed by atoms with van der Waals surface area (Å²) in [6.07, 6.45) is 0.705. The molecule has 1 amide bonds. The van der Waals surface area contributed by atoms with Crippen molar-refractivity contribution in [2.45, 2.75) is 13.8 Å². The van der Waals surface area contributed by atoms with Gasteiger partial charge in [-0.1, -0.05) is 11.6 Å². The first-order valence-electron chi connectivity index (χ1n) is 5.77. The fraction of sp³-hybridized carbons (Fsp3) is 0.385. The molecule has 0 fully saturated rings. The molecule has 0 atom stereocenters. The molecule has 0 N–H and O–H groups in total. The molecule has 1 aromatic carbocycles. The maximum atomic E-state index is 11.7. The maximum absolute atomic E-state index is 11.7. The van der Waals surface area contributed by atoms with Gasteiger partial charge in [0.2, 0.25) is 0 Å². The second kappa shape index (κ2) is 7.01. The van der Waals surface area contributed by atoms with Gasteiger partial charge in [0, 0.05) is 18.7 Å². The van der Waals surface area contributed by atoms with Crippen molar-refractivity contribution in [3.05, 3.63) is 28.8 Å². The number of rotatable bonds is 6. The molecular weight excluding hydrogens is 254 g/mol. The highest BCUT2D eigenvalue weighted by Gasteiger charge is 2.11. The van der Waals surface area contributed by atoms with E-state index in [4.69, 9.17) is 16.3 Å². The van der Waals surface area contributed by atoms with Crippen LogP contribution in [0.5, 0.6) is 5.75 Å². The van der Waals surface area contributed by atoms with Crippen LogP contribution in [0.1, 0.15) is 24.2 Å². The van der Waals surface area contributed by atoms with E-state index in [-0.39, 0.29) is 12.5 Å². The number of nitrogens with zero attached hydrogens (tertiary/aromatic N) is 1. The summed E-state index contributed by atoms with van der Waals surface area (Å²) < 4.78 is 5.34. The largest absolute Gasteiger partial charge is 0.482 e. The minimum atomic E-state index is -0.0875. The highest BCUT2D eigenvalue weighted by molar-refractivity contribution is 6.32. The molecule has 0 aliphatic rings. The molecule has 0 bridgehead atoms. The molecule has 0 aliphatic heterocycles. The first-order valence-corrected chi connectivity index (χ1v) is 6.15. The SMILES string of the molecule is CCN(CC)C(=O)COc1ccc(C=O)cc1Cl. The molecule has 4 nitrogen and oxygen atoms in total. The van der Waals surface area contributed by atoms with E-state index in [0.29, 0.717) is 35.7 Å². The van der Waals surface area contributed by atoms with Crippen LogP contribution in [0.2, 0.25) is 5.02 Å². The monoisotopic (exact) mass is 269 g/mol. The number of benzene rings is 1. The van der Waals surface area contributed by atoms with Crippen molar-refractivity contribution in [3.63, 3.8) is 0 Å². The second-order valence-electron chi connectivity index (χ2n) is 3.66. The van der Waals surface area contributed by atoms with Crippen LogP contribution in [0.3, 0.4) is 0 Å². The Balaban J connectivity index is 2.63. The number of hydrogen-bond donors (Lipinski definition) is 0. The number of aldehydes is 1. The molecule has 5 heteroatoms. The van der Waals surface area contributed by atoms with Crippen molar-refractivity contribution in [1.29, 1.82) is 0 Å². The first-order chi connectivity index (χ1) is 8.62. The van der Waals surface area contributed by atoms with E-state index < -0.39 is 0 Å². The molecule has 0 radical (unpaired) electrons. The highest BCUT2D eigenvalue weighted by atomic mass is 35.5. The molecule has 18 heavy (non-hydrogen) atoms. The van der Waals surface area contributed by atoms with E-state index >= 15 is 0 Å². The van der Waals surface area contributed by atoms with Crippen molar-refractivity contribution in [2.75, 3.05) is 19.7 Å². The molecular formula is C13H16ClNO3. The lowest BCUT2D eigenvalue weighted by atomic mass is 10.2. The molecule has 0 spiro atoms. The quantitative estimate of drug-likeness (QED) is 0.745. The van der Waals surface area contributed by atoms with Gasteiger partial charge in [0.25, 0.3) is 5.91 Å². The van der Waals surface area contributed by atoms with Crippen LogP contribution < -0.4 is 4.74 Å². The third kappa shape index (κ3) is 3.74. The first kappa shape index (κ1) is 14.5. The van der Waals surface area contributed by atoms with Gasteiger partial charge in [0.15, 0.2) is 6.61 Å². The van der Waals surface area contributed by atoms with Gasteiger partial charge in [0.1, 0.15) is 12.0 Å². The summed E-state index contributed by atoms with van der Waals surface area (Å²) in [5.41, 5.74) is 0.474. The number of carbonyl (C=O) groups excluding carboxylic acids is 2. The Bertz CT molecular complexity index is 430. The van der Waals surface area contributed by atoms with Crippen LogP contribution in [0, 0.1) is 0 Å². The average molecular weight is 270 g/mol. The Morgan fingerprint density at radius 3 is 2.56 bits per heavy atom. The zero-order valence-corrected chi connectivity index (χ0v) is 11.2. The highest BCUT2D eigenvalue weighted by Crippen LogP contribution is 2.24. The molecule has 1 rings (SSSR count). The third-order valence-electron chi connectivity index (χ3n) is 2.56. The van der Waals surface area contributed by atoms with Gasteiger partial charge in [-0.05, 0) is 32.0 Å². The van der Waals surface area contributed by atoms with E-state index in [1.54, 1.807) is 17.0 Å². The standard InChI is InChI=1S/C13H16ClNO3/c1-3-15(4-2)13(17)9-18-12-6-5-10(8-16)7-11(12)14/h5-8H,3-4,9H2,1-2H3. The van der Waals surface area contributed by atoms with E-state index in [1.807, 2.05) is 13.8 Å². The van der Waals surface area contributed by atoms with Crippen molar-refractivity contribution < 1.29 is 14.3 Å². The number of likely N-dealkylation sites (N-methyl/N-ethyl adjacent to an activating group) is 1. The Morgan fingerprint density at radius 1 is 1.39 bits per heavy atom. The van der Waals surface area contributed by atoms with Crippen LogP contribution in [-0.2, 0) is 4.79 Å². The minimum Gasteiger partial charge on any atom is -0.482 e. The van der Waals surface area contributed by atoms with Crippen LogP contribution in [0.25, 0.3) is 0 Å². The third-order valence-corrected chi connectivity index (χ3v) is 2.85. The summed E-state index contributed by atoms with van der Waals surface area (Å²) in [5.74, 6) is 0.318. The smallest absolute Gasteiger partial charge is 0.260 e.